The summed E-state index contributed by atoms with van der Waals surface area (Å²) in [7, 11) is -4.28. The van der Waals surface area contributed by atoms with E-state index in [0.29, 0.717) is 0 Å². The van der Waals surface area contributed by atoms with Gasteiger partial charge in [0, 0.05) is 39.7 Å². The first-order valence-corrected chi connectivity index (χ1v) is 47.5. The normalized spacial score (nSPS) is 44.5. The summed E-state index contributed by atoms with van der Waals surface area (Å²) in [6, 6.07) is -5.83. The van der Waals surface area contributed by atoms with E-state index in [1.54, 1.807) is 0 Å². The molecule has 19 unspecified atom stereocenters. The first-order chi connectivity index (χ1) is 68.0. The summed E-state index contributed by atoms with van der Waals surface area (Å²) in [5.41, 5.74) is 0. The van der Waals surface area contributed by atoms with Gasteiger partial charge >= 0.3 is 19.7 Å². The number of aliphatic hydroxyl groups excluding tert-OH is 28. The van der Waals surface area contributed by atoms with Gasteiger partial charge in [0.05, 0.1) is 117 Å². The summed E-state index contributed by atoms with van der Waals surface area (Å²) in [5, 5.41) is 335. The van der Waals surface area contributed by atoms with E-state index in [1.807, 2.05) is 0 Å². The maximum absolute atomic E-state index is 13.3. The van der Waals surface area contributed by atoms with Crippen molar-refractivity contribution in [2.45, 2.75) is 340 Å². The molecule has 0 aromatic rings. The van der Waals surface area contributed by atoms with Crippen LogP contribution in [0.5, 0.6) is 0 Å². The Balaban J connectivity index is 0.933. The van der Waals surface area contributed by atoms with Crippen LogP contribution in [0.1, 0.15) is 34.1 Å². The molecule has 64 nitrogen and oxygen atoms in total. The summed E-state index contributed by atoms with van der Waals surface area (Å²) in [5.74, 6) is -8.97. The van der Waals surface area contributed by atoms with Crippen LogP contribution in [0.4, 0.5) is 4.79 Å². The number of alkyl carbamates (subject to hydrolysis) is 1. The number of hydrogen-bond acceptors (Lipinski definition) is 57. The molecule has 0 aliphatic carbocycles. The van der Waals surface area contributed by atoms with Crippen molar-refractivity contribution in [3.63, 3.8) is 0 Å². The molecule has 144 heavy (non-hydrogen) atoms. The van der Waals surface area contributed by atoms with Gasteiger partial charge in [0.1, 0.15) is 238 Å². The van der Waals surface area contributed by atoms with Crippen molar-refractivity contribution >= 4 is 37.4 Å². The van der Waals surface area contributed by atoms with E-state index in [-0.39, 0.29) is 39.6 Å². The molecule has 0 aromatic heterocycles. The number of carbonyl (C=O) groups excluding carboxylic acids is 4. The lowest BCUT2D eigenvalue weighted by molar-refractivity contribution is -0.399. The van der Waals surface area contributed by atoms with E-state index in [9.17, 15) is 177 Å². The number of hydrogen-bond donors (Lipinski definition) is 35. The van der Waals surface area contributed by atoms with Crippen molar-refractivity contribution in [3.8, 4) is 0 Å². The second-order valence-corrected chi connectivity index (χ2v) is 37.4. The van der Waals surface area contributed by atoms with Crippen LogP contribution in [0.15, 0.2) is 0 Å². The Morgan fingerprint density at radius 1 is 0.368 bits per heavy atom. The largest absolute Gasteiger partial charge is 0.477 e. The second-order valence-electron chi connectivity index (χ2n) is 35.6. The quantitative estimate of drug-likeness (QED) is 0.0199. The summed E-state index contributed by atoms with van der Waals surface area (Å²) >= 11 is 0. The second kappa shape index (κ2) is 54.7. The monoisotopic (exact) mass is 2130 g/mol. The Morgan fingerprint density at radius 2 is 0.715 bits per heavy atom. The number of carbonyl (C=O) groups is 5. The van der Waals surface area contributed by atoms with Crippen molar-refractivity contribution in [3.05, 3.63) is 0 Å². The lowest BCUT2D eigenvalue weighted by Gasteiger charge is -2.51. The highest BCUT2D eigenvalue weighted by Gasteiger charge is 2.63. The highest BCUT2D eigenvalue weighted by molar-refractivity contribution is 7.51. The fourth-order valence-electron chi connectivity index (χ4n) is 17.4. The standard InChI is InChI=1S/C79H135N4O60P/c1-24-28(94)13-79(77(115)116,143-61(24)42(96)29(95)14-84)127-23-38-46(100)54(108)58(112)74(136-38)138-63-34(19-89)133-70(41(51(63)105)83-27(4)93)142-67-55(109)45(99)32(17-87)130-76(67)141-66-48(102)37(22-126-72-59(113)65(140-73-57(111)53(107)44(98)31(16-86)129-73)47(101)36(134-72)21-125-71-56(110)52(106)43(97)30(15-85)128-71)135-75(60(66)114)139-64-35(20-90)132-69(40(50(64)104)82-26(3)92)137-62-33(18-88)131-68(39(49(62)103)81-25(2)91)123-6-5-80-78(117)124-10-9-121-7-8-122-11-12-144(118,119)120/h24,28-76,84-90,94-114H,5-23H2,1-4H3,(H,80,117)(H,81,91)(H,82,92)(H,83,93)(H,115,116)(H2,118,119,120)/t24-,28-,29-,30?,31+,32+,33?,34?,35?,36?,37?,38?,39?,40?,41?,42-,43-,44-,45-,46+,47-,48-,49-,50-,51-,52+,53?,54+,55?,56?,57?,58?,59?,60?,61?,62-,63-,64-,65+,66+,67?,68-,69+,70+,71+,72+,73-,74+,75+,76-,79-/m1/s1. The lowest BCUT2D eigenvalue weighted by atomic mass is 9.84. The molecule has 0 spiro atoms. The predicted molar refractivity (Wildman–Crippen MR) is 446 cm³/mol. The Labute approximate surface area is 816 Å². The predicted octanol–water partition coefficient (Wildman–Crippen LogP) is -21.9. The number of amides is 4. The number of aliphatic carboxylic acids is 1. The van der Waals surface area contributed by atoms with Gasteiger partial charge in [0.2, 0.25) is 17.7 Å². The molecule has 0 bridgehead atoms. The molecule has 0 saturated carbocycles. The van der Waals surface area contributed by atoms with E-state index < -0.39 is 435 Å². The average molecular weight is 2130 g/mol. The fourth-order valence-corrected chi connectivity index (χ4v) is 17.8. The molecule has 35 N–H and O–H groups in total. The van der Waals surface area contributed by atoms with Gasteiger partial charge in [-0.15, -0.1) is 0 Å². The Morgan fingerprint density at radius 3 is 1.17 bits per heavy atom. The summed E-state index contributed by atoms with van der Waals surface area (Å²) < 4.78 is 145. The van der Waals surface area contributed by atoms with Gasteiger partial charge < -0.3 is 288 Å². The summed E-state index contributed by atoms with van der Waals surface area (Å²) in [4.78, 5) is 82.8. The number of carboxylic acids is 1. The first kappa shape index (κ1) is 121. The molecule has 0 aromatic carbocycles. The van der Waals surface area contributed by atoms with Crippen LogP contribution in [0.2, 0.25) is 0 Å². The van der Waals surface area contributed by atoms with Gasteiger partial charge in [-0.1, -0.05) is 6.92 Å². The minimum absolute atomic E-state index is 0.0281. The van der Waals surface area contributed by atoms with Crippen molar-refractivity contribution in [2.24, 2.45) is 5.92 Å². The van der Waals surface area contributed by atoms with E-state index in [0.717, 1.165) is 20.8 Å². The molecule has 4 amide bonds. The first-order valence-electron chi connectivity index (χ1n) is 45.7. The molecule has 10 aliphatic heterocycles. The molecule has 0 radical (unpaired) electrons. The Kier molecular flexibility index (Phi) is 46.0. The highest BCUT2D eigenvalue weighted by Crippen LogP contribution is 2.43. The van der Waals surface area contributed by atoms with Gasteiger partial charge in [-0.2, -0.15) is 0 Å². The van der Waals surface area contributed by atoms with Gasteiger partial charge in [0.15, 0.2) is 56.6 Å². The zero-order chi connectivity index (χ0) is 106. The van der Waals surface area contributed by atoms with E-state index in [1.165, 1.54) is 6.92 Å². The molecule has 10 aliphatic rings. The summed E-state index contributed by atoms with van der Waals surface area (Å²) in [6.07, 6.45) is -102. The molecule has 10 rings (SSSR count). The molecule has 51 atom stereocenters. The maximum Gasteiger partial charge on any atom is 0.407 e. The topological polar surface area (TPSA) is 990 Å². The van der Waals surface area contributed by atoms with E-state index in [4.69, 9.17) is 119 Å². The molecular formula is C79H135N4O60P. The van der Waals surface area contributed by atoms with Crippen molar-refractivity contribution in [1.29, 1.82) is 0 Å². The zero-order valence-corrected chi connectivity index (χ0v) is 78.3. The third-order valence-corrected chi connectivity index (χ3v) is 26.2. The molecule has 10 fully saturated rings. The van der Waals surface area contributed by atoms with Crippen LogP contribution in [0.3, 0.4) is 0 Å². The van der Waals surface area contributed by atoms with E-state index in [2.05, 4.69) is 21.3 Å². The molecule has 10 heterocycles. The Bertz CT molecular complexity index is 3970. The van der Waals surface area contributed by atoms with E-state index >= 15 is 0 Å². The van der Waals surface area contributed by atoms with Crippen molar-refractivity contribution in [2.75, 3.05) is 118 Å². The van der Waals surface area contributed by atoms with Crippen LogP contribution >= 0.6 is 7.60 Å². The highest BCUT2D eigenvalue weighted by atomic mass is 31.2. The summed E-state index contributed by atoms with van der Waals surface area (Å²) in [6.45, 7) is -9.02. The number of aliphatic hydroxyl groups is 28. The number of rotatable bonds is 47. The molecule has 65 heteroatoms. The van der Waals surface area contributed by atoms with Gasteiger partial charge in [-0.25, -0.2) is 9.59 Å². The van der Waals surface area contributed by atoms with Crippen molar-refractivity contribution in [1.82, 2.24) is 21.3 Å². The smallest absolute Gasteiger partial charge is 0.407 e. The Hall–Kier alpha value is -4.70. The minimum Gasteiger partial charge on any atom is -0.477 e. The van der Waals surface area contributed by atoms with Crippen LogP contribution < -0.4 is 21.3 Å². The average Bonchev–Trinajstić information content (AvgIpc) is 0.743. The van der Waals surface area contributed by atoms with Crippen LogP contribution in [0.25, 0.3) is 0 Å². The van der Waals surface area contributed by atoms with Crippen LogP contribution in [-0.4, -0.2) is 612 Å². The van der Waals surface area contributed by atoms with Gasteiger partial charge in [-0.05, 0) is 0 Å². The van der Waals surface area contributed by atoms with Gasteiger partial charge in [-0.3, -0.25) is 18.9 Å². The SMILES string of the molecule is CC(=O)NC1[C@H](OCCNC(=O)OCCOCCOCCP(=O)(O)O)OC(CO)[C@@H](O[C@@H]2OC(CO)[C@@H](O[C@@H]3OC(CO[C@H]4OC(CO[C@H]5OC(CO)[C@@H](O)[C@H](O)C5O)[C@@H](O)[C@H](O[C@H]5O[C@@H](CO)[C@@H](O)C(O)C5O)C4O)[C@@H](O)[C@H](O[C@H]4O[C@@H](CO)[C@@H](O)C(O)C4O[C@@H]4OC(CO)[C@@H](O[C@@H]5OC(CO[C@]6(C(=O)O)C[C@@H](O)[C@@H](C)C([C@H](O)[C@H](O)CO)O6)[C@H](O)[C@H](O)C5O)[C@H](O)C4NC(C)=O)C3O)[C@H](O)C2NC(C)=O)[C@@H]1O. The number of carboxylic acid groups (broad SMARTS) is 1. The number of nitrogens with one attached hydrogen (secondary N) is 4. The molecular weight excluding hydrogens is 2000 g/mol. The fraction of sp³-hybridized carbons (Fsp3) is 0.937. The van der Waals surface area contributed by atoms with Crippen LogP contribution in [0, 0.1) is 5.92 Å². The zero-order valence-electron chi connectivity index (χ0n) is 77.5. The molecule has 10 saturated heterocycles. The van der Waals surface area contributed by atoms with Crippen molar-refractivity contribution < 1.29 is 295 Å². The third-order valence-electron chi connectivity index (χ3n) is 25.4. The lowest BCUT2D eigenvalue weighted by Crippen LogP contribution is -2.71. The molecule has 836 valence electrons. The maximum atomic E-state index is 13.3. The number of ether oxygens (including phenoxy) is 23. The minimum atomic E-state index is -4.28. The van der Waals surface area contributed by atoms with Gasteiger partial charge in [0.25, 0.3) is 5.79 Å². The van der Waals surface area contributed by atoms with Crippen LogP contribution in [-0.2, 0) is 133 Å². The third kappa shape index (κ3) is 29.7.